The molecule has 2 rings (SSSR count). The first kappa shape index (κ1) is 15.0. The number of para-hydroxylation sites is 2. The lowest BCUT2D eigenvalue weighted by molar-refractivity contribution is 0.0974. The maximum absolute atomic E-state index is 12.2. The zero-order valence-electron chi connectivity index (χ0n) is 11.6. The Morgan fingerprint density at radius 3 is 2.48 bits per heavy atom. The average Bonchev–Trinajstić information content (AvgIpc) is 2.49. The molecule has 108 valence electrons. The van der Waals surface area contributed by atoms with Crippen LogP contribution in [0.4, 0.5) is 5.69 Å². The van der Waals surface area contributed by atoms with Gasteiger partial charge in [-0.1, -0.05) is 30.3 Å². The van der Waals surface area contributed by atoms with Gasteiger partial charge >= 0.3 is 0 Å². The summed E-state index contributed by atoms with van der Waals surface area (Å²) in [5.74, 6) is 0.243. The highest BCUT2D eigenvalue weighted by molar-refractivity contribution is 7.80. The molecular formula is C16H16N2O2S. The van der Waals surface area contributed by atoms with E-state index < -0.39 is 0 Å². The van der Waals surface area contributed by atoms with Gasteiger partial charge in [0, 0.05) is 5.69 Å². The van der Waals surface area contributed by atoms with Gasteiger partial charge in [0.05, 0.1) is 12.2 Å². The predicted molar refractivity (Wildman–Crippen MR) is 87.7 cm³/mol. The predicted octanol–water partition coefficient (Wildman–Crippen LogP) is 3.21. The number of ether oxygens (including phenoxy) is 1. The Balaban J connectivity index is 2.03. The molecule has 0 saturated carbocycles. The van der Waals surface area contributed by atoms with Crippen LogP contribution in [0.15, 0.2) is 54.6 Å². The fourth-order valence-corrected chi connectivity index (χ4v) is 2.00. The molecule has 0 bridgehead atoms. The lowest BCUT2D eigenvalue weighted by Crippen LogP contribution is -2.34. The van der Waals surface area contributed by atoms with Crippen molar-refractivity contribution in [3.8, 4) is 5.75 Å². The molecule has 0 radical (unpaired) electrons. The Hall–Kier alpha value is -2.40. The molecular weight excluding hydrogens is 284 g/mol. The smallest absolute Gasteiger partial charge is 0.261 e. The molecule has 21 heavy (non-hydrogen) atoms. The molecule has 0 unspecified atom stereocenters. The molecule has 0 heterocycles. The topological polar surface area (TPSA) is 50.4 Å². The van der Waals surface area contributed by atoms with E-state index >= 15 is 0 Å². The number of amides is 1. The van der Waals surface area contributed by atoms with Gasteiger partial charge in [0.1, 0.15) is 5.75 Å². The van der Waals surface area contributed by atoms with Crippen LogP contribution >= 0.6 is 12.2 Å². The van der Waals surface area contributed by atoms with Crippen molar-refractivity contribution in [2.45, 2.75) is 6.92 Å². The minimum Gasteiger partial charge on any atom is -0.493 e. The van der Waals surface area contributed by atoms with Gasteiger partial charge in [-0.2, -0.15) is 0 Å². The van der Waals surface area contributed by atoms with Crippen molar-refractivity contribution in [2.24, 2.45) is 0 Å². The molecule has 2 aromatic rings. The normalized spacial score (nSPS) is 9.76. The molecule has 0 saturated heterocycles. The highest BCUT2D eigenvalue weighted by Gasteiger charge is 2.13. The van der Waals surface area contributed by atoms with Gasteiger partial charge in [-0.25, -0.2) is 0 Å². The van der Waals surface area contributed by atoms with Gasteiger partial charge in [-0.3, -0.25) is 10.1 Å². The Morgan fingerprint density at radius 2 is 1.76 bits per heavy atom. The Kier molecular flexibility index (Phi) is 5.29. The quantitative estimate of drug-likeness (QED) is 0.851. The van der Waals surface area contributed by atoms with Crippen LogP contribution in [0.5, 0.6) is 5.75 Å². The molecule has 1 amide bonds. The summed E-state index contributed by atoms with van der Waals surface area (Å²) in [6.45, 7) is 2.37. The van der Waals surface area contributed by atoms with E-state index in [2.05, 4.69) is 10.6 Å². The van der Waals surface area contributed by atoms with Crippen LogP contribution in [-0.2, 0) is 0 Å². The summed E-state index contributed by atoms with van der Waals surface area (Å²) < 4.78 is 5.43. The van der Waals surface area contributed by atoms with Gasteiger partial charge in [0.2, 0.25) is 0 Å². The fraction of sp³-hybridized carbons (Fsp3) is 0.125. The molecule has 0 atom stereocenters. The summed E-state index contributed by atoms with van der Waals surface area (Å²) >= 11 is 5.14. The first-order valence-electron chi connectivity index (χ1n) is 6.60. The Bertz CT molecular complexity index is 629. The first-order valence-corrected chi connectivity index (χ1v) is 7.00. The first-order chi connectivity index (χ1) is 10.2. The van der Waals surface area contributed by atoms with E-state index in [0.29, 0.717) is 17.9 Å². The van der Waals surface area contributed by atoms with E-state index in [9.17, 15) is 4.79 Å². The standard InChI is InChI=1S/C16H16N2O2S/c1-2-20-14-11-7-6-10-13(14)15(19)18-16(21)17-12-8-4-3-5-9-12/h3-11H,2H2,1H3,(H2,17,18,19,21). The van der Waals surface area contributed by atoms with E-state index in [1.54, 1.807) is 18.2 Å². The summed E-state index contributed by atoms with van der Waals surface area (Å²) in [5.41, 5.74) is 1.28. The molecule has 0 aromatic heterocycles. The van der Waals surface area contributed by atoms with Gasteiger partial charge in [0.25, 0.3) is 5.91 Å². The Morgan fingerprint density at radius 1 is 1.10 bits per heavy atom. The largest absolute Gasteiger partial charge is 0.493 e. The second-order valence-corrected chi connectivity index (χ2v) is 4.61. The second-order valence-electron chi connectivity index (χ2n) is 4.20. The van der Waals surface area contributed by atoms with E-state index in [0.717, 1.165) is 5.69 Å². The van der Waals surface area contributed by atoms with Crippen molar-refractivity contribution in [3.05, 3.63) is 60.2 Å². The minimum absolute atomic E-state index is 0.248. The molecule has 4 nitrogen and oxygen atoms in total. The number of carbonyl (C=O) groups excluding carboxylic acids is 1. The SMILES string of the molecule is CCOc1ccccc1C(=O)NC(=S)Nc1ccccc1. The molecule has 2 N–H and O–H groups in total. The summed E-state index contributed by atoms with van der Waals surface area (Å²) in [5, 5.41) is 5.85. The highest BCUT2D eigenvalue weighted by Crippen LogP contribution is 2.17. The summed E-state index contributed by atoms with van der Waals surface area (Å²) in [4.78, 5) is 12.2. The number of nitrogens with one attached hydrogen (secondary N) is 2. The van der Waals surface area contributed by atoms with Crippen LogP contribution < -0.4 is 15.4 Å². The van der Waals surface area contributed by atoms with Crippen molar-refractivity contribution in [1.82, 2.24) is 5.32 Å². The van der Waals surface area contributed by atoms with Crippen molar-refractivity contribution in [2.75, 3.05) is 11.9 Å². The summed E-state index contributed by atoms with van der Waals surface area (Å²) in [7, 11) is 0. The molecule has 0 spiro atoms. The van der Waals surface area contributed by atoms with Crippen LogP contribution in [0.3, 0.4) is 0 Å². The fourth-order valence-electron chi connectivity index (χ4n) is 1.79. The monoisotopic (exact) mass is 300 g/mol. The molecule has 0 aliphatic carbocycles. The van der Waals surface area contributed by atoms with Crippen LogP contribution in [0.25, 0.3) is 0 Å². The van der Waals surface area contributed by atoms with Crippen molar-refractivity contribution < 1.29 is 9.53 Å². The molecule has 0 aliphatic heterocycles. The number of thiocarbonyl (C=S) groups is 1. The van der Waals surface area contributed by atoms with Crippen molar-refractivity contribution in [3.63, 3.8) is 0 Å². The number of hydrogen-bond acceptors (Lipinski definition) is 3. The summed E-state index contributed by atoms with van der Waals surface area (Å²) in [6.07, 6.45) is 0. The van der Waals surface area contributed by atoms with E-state index in [1.807, 2.05) is 43.3 Å². The lowest BCUT2D eigenvalue weighted by atomic mass is 10.2. The summed E-state index contributed by atoms with van der Waals surface area (Å²) in [6, 6.07) is 16.5. The third-order valence-electron chi connectivity index (χ3n) is 2.69. The van der Waals surface area contributed by atoms with Gasteiger partial charge in [-0.15, -0.1) is 0 Å². The van der Waals surface area contributed by atoms with Gasteiger partial charge in [-0.05, 0) is 43.4 Å². The third kappa shape index (κ3) is 4.29. The molecule has 5 heteroatoms. The molecule has 0 aliphatic rings. The average molecular weight is 300 g/mol. The maximum Gasteiger partial charge on any atom is 0.261 e. The van der Waals surface area contributed by atoms with Crippen LogP contribution in [0.2, 0.25) is 0 Å². The van der Waals surface area contributed by atoms with Crippen molar-refractivity contribution in [1.29, 1.82) is 0 Å². The van der Waals surface area contributed by atoms with E-state index in [-0.39, 0.29) is 11.0 Å². The van der Waals surface area contributed by atoms with Crippen LogP contribution in [0, 0.1) is 0 Å². The maximum atomic E-state index is 12.2. The van der Waals surface area contributed by atoms with E-state index in [1.165, 1.54) is 0 Å². The number of rotatable bonds is 4. The number of hydrogen-bond donors (Lipinski definition) is 2. The van der Waals surface area contributed by atoms with Crippen molar-refractivity contribution >= 4 is 28.9 Å². The number of benzene rings is 2. The van der Waals surface area contributed by atoms with Crippen LogP contribution in [0.1, 0.15) is 17.3 Å². The second kappa shape index (κ2) is 7.40. The van der Waals surface area contributed by atoms with E-state index in [4.69, 9.17) is 17.0 Å². The number of anilines is 1. The molecule has 2 aromatic carbocycles. The third-order valence-corrected chi connectivity index (χ3v) is 2.89. The number of carbonyl (C=O) groups is 1. The zero-order chi connectivity index (χ0) is 15.1. The van der Waals surface area contributed by atoms with Crippen LogP contribution in [-0.4, -0.2) is 17.6 Å². The molecule has 0 fully saturated rings. The lowest BCUT2D eigenvalue weighted by Gasteiger charge is -2.12. The zero-order valence-corrected chi connectivity index (χ0v) is 12.4. The minimum atomic E-state index is -0.299. The Labute approximate surface area is 129 Å². The van der Waals surface area contributed by atoms with Gasteiger partial charge < -0.3 is 10.1 Å². The van der Waals surface area contributed by atoms with Gasteiger partial charge in [0.15, 0.2) is 5.11 Å². The highest BCUT2D eigenvalue weighted by atomic mass is 32.1.